The summed E-state index contributed by atoms with van der Waals surface area (Å²) in [5.74, 6) is -0.700. The van der Waals surface area contributed by atoms with Gasteiger partial charge in [0.15, 0.2) is 11.9 Å². The molecule has 0 heterocycles. The maximum absolute atomic E-state index is 12.5. The zero-order valence-corrected chi connectivity index (χ0v) is 20.6. The first-order chi connectivity index (χ1) is 14.1. The third-order valence-electron chi connectivity index (χ3n) is 3.88. The summed E-state index contributed by atoms with van der Waals surface area (Å²) in [6.45, 7) is 5.02. The molecule has 0 aliphatic rings. The van der Waals surface area contributed by atoms with Gasteiger partial charge in [0.2, 0.25) is 0 Å². The summed E-state index contributed by atoms with van der Waals surface area (Å²) < 4.78 is 23.5. The molecule has 2 N–H and O–H groups in total. The number of nitrogens with one attached hydrogen (secondary N) is 1. The van der Waals surface area contributed by atoms with Crippen molar-refractivity contribution in [1.82, 2.24) is 5.32 Å². The summed E-state index contributed by atoms with van der Waals surface area (Å²) in [4.78, 5) is 24.2. The monoisotopic (exact) mass is 560 g/mol. The van der Waals surface area contributed by atoms with Gasteiger partial charge >= 0.3 is 13.8 Å². The van der Waals surface area contributed by atoms with Crippen LogP contribution in [-0.4, -0.2) is 36.3 Å². The summed E-state index contributed by atoms with van der Waals surface area (Å²) in [6.07, 6.45) is 0.439. The average molecular weight is 562 g/mol. The van der Waals surface area contributed by atoms with Crippen LogP contribution in [0.25, 0.3) is 0 Å². The third-order valence-corrected chi connectivity index (χ3v) is 5.87. The van der Waals surface area contributed by atoms with Gasteiger partial charge in [-0.05, 0) is 76.0 Å². The molecule has 0 aliphatic carbocycles. The van der Waals surface area contributed by atoms with Gasteiger partial charge in [0.25, 0.3) is 5.91 Å². The molecule has 0 radical (unpaired) electrons. The first kappa shape index (κ1) is 24.3. The Kier molecular flexibility index (Phi) is 8.82. The molecule has 0 saturated heterocycles. The van der Waals surface area contributed by atoms with Crippen LogP contribution < -0.4 is 10.1 Å². The summed E-state index contributed by atoms with van der Waals surface area (Å²) in [7, 11) is -1.33. The highest BCUT2D eigenvalue weighted by Crippen LogP contribution is 2.40. The molecule has 2 atom stereocenters. The second-order valence-electron chi connectivity index (χ2n) is 6.40. The van der Waals surface area contributed by atoms with Crippen LogP contribution in [-0.2, 0) is 20.3 Å². The van der Waals surface area contributed by atoms with Crippen LogP contribution in [0.5, 0.6) is 17.2 Å². The largest absolute Gasteiger partial charge is 0.507 e. The van der Waals surface area contributed by atoms with Gasteiger partial charge in [-0.15, -0.1) is 0 Å². The predicted octanol–water partition coefficient (Wildman–Crippen LogP) is 5.35. The van der Waals surface area contributed by atoms with Gasteiger partial charge in [0.05, 0.1) is 21.1 Å². The Morgan fingerprint density at radius 3 is 2.40 bits per heavy atom. The molecule has 2 unspecified atom stereocenters. The smallest absolute Gasteiger partial charge is 0.340 e. The standard InChI is InChI=1S/C20H20Br2NO6P/c1-4-28-20(26)11(2)23-19(25)14-9-13(5-6-17(14)24)29-18-15(21)7-12(8-16(18)22)10-30(3)27/h5-9,11H,4,10H2,1-3H3,(H-,23,24,25)/p+1. The molecule has 0 saturated carbocycles. The molecule has 2 aromatic carbocycles. The molecule has 0 bridgehead atoms. The van der Waals surface area contributed by atoms with Crippen molar-refractivity contribution >= 4 is 51.5 Å². The van der Waals surface area contributed by atoms with Gasteiger partial charge in [-0.3, -0.25) is 4.79 Å². The van der Waals surface area contributed by atoms with Crippen LogP contribution in [0.4, 0.5) is 0 Å². The Hall–Kier alpha value is -1.96. The van der Waals surface area contributed by atoms with Crippen molar-refractivity contribution in [3.63, 3.8) is 0 Å². The first-order valence-electron chi connectivity index (χ1n) is 8.96. The lowest BCUT2D eigenvalue weighted by Gasteiger charge is -2.15. The lowest BCUT2D eigenvalue weighted by Crippen LogP contribution is -2.39. The minimum atomic E-state index is -1.33. The van der Waals surface area contributed by atoms with Crippen molar-refractivity contribution in [1.29, 1.82) is 0 Å². The van der Waals surface area contributed by atoms with E-state index in [1.165, 1.54) is 25.1 Å². The minimum Gasteiger partial charge on any atom is -0.507 e. The maximum atomic E-state index is 12.5. The highest BCUT2D eigenvalue weighted by molar-refractivity contribution is 9.11. The van der Waals surface area contributed by atoms with Crippen molar-refractivity contribution in [2.45, 2.75) is 26.1 Å². The Bertz CT molecular complexity index is 959. The average Bonchev–Trinajstić information content (AvgIpc) is 2.65. The molecule has 0 fully saturated rings. The molecule has 10 heteroatoms. The Morgan fingerprint density at radius 2 is 1.83 bits per heavy atom. The number of phenolic OH excluding ortho intramolecular Hbond substituents is 1. The number of carbonyl (C=O) groups is 2. The van der Waals surface area contributed by atoms with E-state index >= 15 is 0 Å². The van der Waals surface area contributed by atoms with Gasteiger partial charge in [0.1, 0.15) is 24.2 Å². The fraction of sp³-hybridized carbons (Fsp3) is 0.300. The van der Waals surface area contributed by atoms with E-state index in [2.05, 4.69) is 37.2 Å². The zero-order valence-electron chi connectivity index (χ0n) is 16.6. The molecule has 0 aliphatic heterocycles. The van der Waals surface area contributed by atoms with Gasteiger partial charge < -0.3 is 19.9 Å². The molecule has 160 valence electrons. The van der Waals surface area contributed by atoms with E-state index in [4.69, 9.17) is 9.47 Å². The maximum Gasteiger partial charge on any atom is 0.340 e. The zero-order chi connectivity index (χ0) is 22.4. The molecule has 7 nitrogen and oxygen atoms in total. The predicted molar refractivity (Wildman–Crippen MR) is 121 cm³/mol. The second-order valence-corrected chi connectivity index (χ2v) is 9.68. The minimum absolute atomic E-state index is 0.0458. The number of esters is 1. The highest BCUT2D eigenvalue weighted by Gasteiger charge is 2.21. The van der Waals surface area contributed by atoms with Gasteiger partial charge in [0, 0.05) is 5.56 Å². The van der Waals surface area contributed by atoms with E-state index in [9.17, 15) is 19.3 Å². The number of ether oxygens (including phenoxy) is 2. The molecule has 30 heavy (non-hydrogen) atoms. The normalized spacial score (nSPS) is 12.1. The Labute approximate surface area is 192 Å². The van der Waals surface area contributed by atoms with Crippen molar-refractivity contribution in [2.75, 3.05) is 13.3 Å². The molecular weight excluding hydrogens is 541 g/mol. The summed E-state index contributed by atoms with van der Waals surface area (Å²) in [5, 5.41) is 12.6. The van der Waals surface area contributed by atoms with E-state index in [0.29, 0.717) is 26.6 Å². The number of rotatable bonds is 8. The van der Waals surface area contributed by atoms with Gasteiger partial charge in [-0.25, -0.2) is 4.79 Å². The molecular formula is C20H21Br2NO6P+. The third kappa shape index (κ3) is 6.52. The van der Waals surface area contributed by atoms with E-state index in [1.54, 1.807) is 13.6 Å². The van der Waals surface area contributed by atoms with Crippen molar-refractivity contribution in [3.8, 4) is 17.2 Å². The first-order valence-corrected chi connectivity index (χ1v) is 12.4. The molecule has 1 amide bonds. The topological polar surface area (TPSA) is 102 Å². The van der Waals surface area contributed by atoms with Crippen LogP contribution >= 0.6 is 39.7 Å². The molecule has 2 aromatic rings. The lowest BCUT2D eigenvalue weighted by molar-refractivity contribution is -0.144. The number of aromatic hydroxyl groups is 1. The number of hydrogen-bond donors (Lipinski definition) is 2. The molecule has 0 aromatic heterocycles. The number of halogens is 2. The van der Waals surface area contributed by atoms with Crippen LogP contribution in [0, 0.1) is 0 Å². The second kappa shape index (κ2) is 10.9. The highest BCUT2D eigenvalue weighted by atomic mass is 79.9. The number of hydrogen-bond acceptors (Lipinski definition) is 6. The lowest BCUT2D eigenvalue weighted by atomic mass is 10.1. The van der Waals surface area contributed by atoms with Crippen LogP contribution in [0.1, 0.15) is 29.8 Å². The van der Waals surface area contributed by atoms with E-state index in [0.717, 1.165) is 5.56 Å². The van der Waals surface area contributed by atoms with E-state index in [-0.39, 0.29) is 17.9 Å². The quantitative estimate of drug-likeness (QED) is 0.333. The summed E-state index contributed by atoms with van der Waals surface area (Å²) >= 11 is 6.88. The van der Waals surface area contributed by atoms with Crippen molar-refractivity contribution < 1.29 is 28.7 Å². The van der Waals surface area contributed by atoms with E-state index < -0.39 is 25.7 Å². The van der Waals surface area contributed by atoms with Gasteiger partial charge in [-0.2, -0.15) is 0 Å². The Morgan fingerprint density at radius 1 is 1.20 bits per heavy atom. The number of benzene rings is 2. The fourth-order valence-corrected chi connectivity index (χ4v) is 4.68. The van der Waals surface area contributed by atoms with Crippen LogP contribution in [0.2, 0.25) is 0 Å². The van der Waals surface area contributed by atoms with E-state index in [1.807, 2.05) is 12.1 Å². The van der Waals surface area contributed by atoms with Crippen LogP contribution in [0.3, 0.4) is 0 Å². The number of phenols is 1. The summed E-state index contributed by atoms with van der Waals surface area (Å²) in [6, 6.07) is 6.96. The number of carbonyl (C=O) groups excluding carboxylic acids is 2. The number of amides is 1. The van der Waals surface area contributed by atoms with Crippen molar-refractivity contribution in [2.24, 2.45) is 0 Å². The van der Waals surface area contributed by atoms with Crippen LogP contribution in [0.15, 0.2) is 39.3 Å². The fourth-order valence-electron chi connectivity index (χ4n) is 2.54. The Balaban J connectivity index is 2.24. The van der Waals surface area contributed by atoms with Gasteiger partial charge in [-0.1, -0.05) is 4.57 Å². The molecule has 2 rings (SSSR count). The molecule has 0 spiro atoms. The summed E-state index contributed by atoms with van der Waals surface area (Å²) in [5.41, 5.74) is 0.832. The SMILES string of the molecule is CCOC(=O)C(C)NC(=O)c1cc(Oc2c(Br)cc(C[P+](C)=O)cc2Br)ccc1O. The van der Waals surface area contributed by atoms with Crippen molar-refractivity contribution in [3.05, 3.63) is 50.4 Å².